The van der Waals surface area contributed by atoms with Gasteiger partial charge < -0.3 is 14.3 Å². The molecule has 0 amide bonds. The van der Waals surface area contributed by atoms with Crippen molar-refractivity contribution in [1.82, 2.24) is 0 Å². The third-order valence-corrected chi connectivity index (χ3v) is 1.58. The SMILES string of the molecule is Cc1ccc(OP(O)O)cc1. The van der Waals surface area contributed by atoms with Gasteiger partial charge in [0.05, 0.1) is 0 Å². The van der Waals surface area contributed by atoms with Crippen molar-refractivity contribution >= 4 is 8.60 Å². The zero-order valence-electron chi connectivity index (χ0n) is 6.06. The lowest BCUT2D eigenvalue weighted by molar-refractivity contribution is 0.375. The van der Waals surface area contributed by atoms with Gasteiger partial charge in [-0.05, 0) is 19.1 Å². The van der Waals surface area contributed by atoms with Gasteiger partial charge in [0.1, 0.15) is 5.75 Å². The highest BCUT2D eigenvalue weighted by Gasteiger charge is 2.00. The van der Waals surface area contributed by atoms with Gasteiger partial charge in [-0.15, -0.1) is 0 Å². The molecule has 1 aromatic rings. The lowest BCUT2D eigenvalue weighted by atomic mass is 10.2. The predicted octanol–water partition coefficient (Wildman–Crippen LogP) is 1.59. The summed E-state index contributed by atoms with van der Waals surface area (Å²) in [5.41, 5.74) is 1.11. The highest BCUT2D eigenvalue weighted by molar-refractivity contribution is 7.39. The first-order valence-electron chi connectivity index (χ1n) is 3.11. The van der Waals surface area contributed by atoms with Crippen LogP contribution in [0.25, 0.3) is 0 Å². The van der Waals surface area contributed by atoms with Crippen LogP contribution in [0.3, 0.4) is 0 Å². The zero-order chi connectivity index (χ0) is 8.27. The van der Waals surface area contributed by atoms with E-state index in [9.17, 15) is 0 Å². The first-order valence-corrected chi connectivity index (χ1v) is 4.27. The van der Waals surface area contributed by atoms with Crippen molar-refractivity contribution in [3.8, 4) is 5.75 Å². The minimum atomic E-state index is -2.29. The Labute approximate surface area is 66.3 Å². The van der Waals surface area contributed by atoms with Gasteiger partial charge in [0.2, 0.25) is 0 Å². The molecule has 0 saturated carbocycles. The van der Waals surface area contributed by atoms with Crippen LogP contribution in [0, 0.1) is 6.92 Å². The Bertz CT molecular complexity index is 220. The van der Waals surface area contributed by atoms with Gasteiger partial charge in [0.25, 0.3) is 0 Å². The largest absolute Gasteiger partial charge is 0.427 e. The molecule has 0 aliphatic carbocycles. The van der Waals surface area contributed by atoms with Crippen molar-refractivity contribution in [3.05, 3.63) is 29.8 Å². The molecule has 0 aliphatic rings. The number of rotatable bonds is 2. The maximum Gasteiger partial charge on any atom is 0.391 e. The molecule has 0 fully saturated rings. The van der Waals surface area contributed by atoms with Crippen molar-refractivity contribution in [2.45, 2.75) is 6.92 Å². The molecule has 11 heavy (non-hydrogen) atoms. The van der Waals surface area contributed by atoms with Crippen molar-refractivity contribution in [1.29, 1.82) is 0 Å². The van der Waals surface area contributed by atoms with Crippen LogP contribution in [0.2, 0.25) is 0 Å². The van der Waals surface area contributed by atoms with Crippen LogP contribution in [-0.4, -0.2) is 9.79 Å². The van der Waals surface area contributed by atoms with Crippen LogP contribution >= 0.6 is 8.60 Å². The molecule has 3 nitrogen and oxygen atoms in total. The molecule has 60 valence electrons. The third kappa shape index (κ3) is 2.85. The van der Waals surface area contributed by atoms with Gasteiger partial charge >= 0.3 is 8.60 Å². The predicted molar refractivity (Wildman–Crippen MR) is 43.2 cm³/mol. The van der Waals surface area contributed by atoms with Crippen LogP contribution in [0.5, 0.6) is 5.75 Å². The lowest BCUT2D eigenvalue weighted by Gasteiger charge is -2.04. The average molecular weight is 172 g/mol. The molecule has 1 rings (SSSR count). The van der Waals surface area contributed by atoms with Gasteiger partial charge in [0.15, 0.2) is 0 Å². The Morgan fingerprint density at radius 2 is 1.73 bits per heavy atom. The second-order valence-corrected chi connectivity index (χ2v) is 2.85. The van der Waals surface area contributed by atoms with E-state index < -0.39 is 8.60 Å². The summed E-state index contributed by atoms with van der Waals surface area (Å²) in [6.45, 7) is 1.95. The van der Waals surface area contributed by atoms with E-state index in [2.05, 4.69) is 4.52 Å². The van der Waals surface area contributed by atoms with E-state index in [0.29, 0.717) is 5.75 Å². The van der Waals surface area contributed by atoms with Crippen molar-refractivity contribution in [2.24, 2.45) is 0 Å². The van der Waals surface area contributed by atoms with E-state index in [4.69, 9.17) is 9.79 Å². The second kappa shape index (κ2) is 3.67. The van der Waals surface area contributed by atoms with Crippen LogP contribution in [0.4, 0.5) is 0 Å². The van der Waals surface area contributed by atoms with E-state index in [1.807, 2.05) is 19.1 Å². The second-order valence-electron chi connectivity index (χ2n) is 2.16. The molecule has 0 atom stereocenters. The minimum Gasteiger partial charge on any atom is -0.427 e. The normalized spacial score (nSPS) is 10.2. The molecular weight excluding hydrogens is 163 g/mol. The molecule has 0 saturated heterocycles. The standard InChI is InChI=1S/C7H9O3P/c1-6-2-4-7(5-3-6)10-11(8)9/h2-5,8-9H,1H3. The summed E-state index contributed by atoms with van der Waals surface area (Å²) in [6.07, 6.45) is 0. The summed E-state index contributed by atoms with van der Waals surface area (Å²) in [5.74, 6) is 0.478. The minimum absolute atomic E-state index is 0.478. The van der Waals surface area contributed by atoms with Crippen molar-refractivity contribution in [2.75, 3.05) is 0 Å². The van der Waals surface area contributed by atoms with E-state index >= 15 is 0 Å². The Balaban J connectivity index is 2.66. The first kappa shape index (κ1) is 8.47. The molecule has 0 bridgehead atoms. The molecular formula is C7H9O3P. The molecule has 0 aliphatic heterocycles. The maximum absolute atomic E-state index is 8.47. The molecule has 1 aromatic carbocycles. The third-order valence-electron chi connectivity index (χ3n) is 1.21. The monoisotopic (exact) mass is 172 g/mol. The molecule has 0 aromatic heterocycles. The Kier molecular flexibility index (Phi) is 2.83. The Hall–Kier alpha value is -0.630. The summed E-state index contributed by atoms with van der Waals surface area (Å²) < 4.78 is 4.65. The van der Waals surface area contributed by atoms with Crippen LogP contribution in [0.1, 0.15) is 5.56 Å². The number of benzene rings is 1. The van der Waals surface area contributed by atoms with E-state index in [1.165, 1.54) is 0 Å². The van der Waals surface area contributed by atoms with Gasteiger partial charge in [-0.2, -0.15) is 0 Å². The fourth-order valence-corrected chi connectivity index (χ4v) is 1.00. The average Bonchev–Trinajstić information content (AvgIpc) is 1.93. The van der Waals surface area contributed by atoms with Gasteiger partial charge in [-0.25, -0.2) is 0 Å². The first-order chi connectivity index (χ1) is 5.18. The van der Waals surface area contributed by atoms with E-state index in [1.54, 1.807) is 12.1 Å². The summed E-state index contributed by atoms with van der Waals surface area (Å²) in [7, 11) is -2.29. The van der Waals surface area contributed by atoms with Gasteiger partial charge in [-0.1, -0.05) is 17.7 Å². The zero-order valence-corrected chi connectivity index (χ0v) is 6.95. The van der Waals surface area contributed by atoms with Gasteiger partial charge in [0, 0.05) is 0 Å². The smallest absolute Gasteiger partial charge is 0.391 e. The molecule has 0 spiro atoms. The summed E-state index contributed by atoms with van der Waals surface area (Å²) in [6, 6.07) is 7.07. The fourth-order valence-electron chi connectivity index (χ4n) is 0.693. The highest BCUT2D eigenvalue weighted by atomic mass is 31.2. The van der Waals surface area contributed by atoms with Crippen LogP contribution in [0.15, 0.2) is 24.3 Å². The van der Waals surface area contributed by atoms with Gasteiger partial charge in [-0.3, -0.25) is 0 Å². The van der Waals surface area contributed by atoms with Crippen LogP contribution < -0.4 is 4.52 Å². The molecule has 0 radical (unpaired) electrons. The Morgan fingerprint density at radius 3 is 2.18 bits per heavy atom. The van der Waals surface area contributed by atoms with Crippen molar-refractivity contribution in [3.63, 3.8) is 0 Å². The molecule has 2 N–H and O–H groups in total. The molecule has 4 heteroatoms. The summed E-state index contributed by atoms with van der Waals surface area (Å²) in [5, 5.41) is 0. The van der Waals surface area contributed by atoms with Crippen LogP contribution in [-0.2, 0) is 0 Å². The quantitative estimate of drug-likeness (QED) is 0.666. The summed E-state index contributed by atoms with van der Waals surface area (Å²) in [4.78, 5) is 16.9. The number of hydrogen-bond donors (Lipinski definition) is 2. The topological polar surface area (TPSA) is 49.7 Å². The Morgan fingerprint density at radius 1 is 1.18 bits per heavy atom. The maximum atomic E-state index is 8.47. The highest BCUT2D eigenvalue weighted by Crippen LogP contribution is 2.28. The lowest BCUT2D eigenvalue weighted by Crippen LogP contribution is -1.84. The number of hydrogen-bond acceptors (Lipinski definition) is 3. The summed E-state index contributed by atoms with van der Waals surface area (Å²) >= 11 is 0. The molecule has 0 heterocycles. The molecule has 0 unspecified atom stereocenters. The van der Waals surface area contributed by atoms with Crippen molar-refractivity contribution < 1.29 is 14.3 Å². The number of aryl methyl sites for hydroxylation is 1. The van der Waals surface area contributed by atoms with E-state index in [0.717, 1.165) is 5.56 Å². The van der Waals surface area contributed by atoms with E-state index in [-0.39, 0.29) is 0 Å². The fraction of sp³-hybridized carbons (Fsp3) is 0.143.